The summed E-state index contributed by atoms with van der Waals surface area (Å²) in [5.74, 6) is 0.827. The summed E-state index contributed by atoms with van der Waals surface area (Å²) < 4.78 is 0. The smallest absolute Gasteiger partial charge is 0.0223 e. The highest BCUT2D eigenvalue weighted by Gasteiger charge is 2.22. The van der Waals surface area contributed by atoms with E-state index in [4.69, 9.17) is 11.6 Å². The van der Waals surface area contributed by atoms with Gasteiger partial charge in [0.1, 0.15) is 0 Å². The molecule has 74 valence electrons. The fourth-order valence-corrected chi connectivity index (χ4v) is 2.06. The normalized spacial score (nSPS) is 12.0. The summed E-state index contributed by atoms with van der Waals surface area (Å²) in [4.78, 5) is 0. The maximum absolute atomic E-state index is 5.66. The largest absolute Gasteiger partial charge is 0.127 e. The van der Waals surface area contributed by atoms with E-state index in [-0.39, 0.29) is 0 Å². The van der Waals surface area contributed by atoms with E-state index in [9.17, 15) is 0 Å². The van der Waals surface area contributed by atoms with Crippen LogP contribution in [0.5, 0.6) is 0 Å². The van der Waals surface area contributed by atoms with E-state index in [0.717, 1.165) is 5.88 Å². The van der Waals surface area contributed by atoms with Crippen LogP contribution in [0.2, 0.25) is 0 Å². The molecule has 0 heterocycles. The van der Waals surface area contributed by atoms with E-state index in [1.54, 1.807) is 0 Å². The average Bonchev–Trinajstić information content (AvgIpc) is 2.14. The molecule has 0 aliphatic heterocycles. The molecule has 0 aliphatic carbocycles. The molecule has 0 spiro atoms. The van der Waals surface area contributed by atoms with Crippen LogP contribution in [0.25, 0.3) is 0 Å². The number of halogens is 1. The van der Waals surface area contributed by atoms with Crippen molar-refractivity contribution in [3.8, 4) is 0 Å². The van der Waals surface area contributed by atoms with Gasteiger partial charge in [0.05, 0.1) is 0 Å². The SMILES string of the molecule is CCC(CC)(CC)CCCCCl. The molecule has 0 nitrogen and oxygen atoms in total. The summed E-state index contributed by atoms with van der Waals surface area (Å²) in [5.41, 5.74) is 0.617. The van der Waals surface area contributed by atoms with Gasteiger partial charge in [0.2, 0.25) is 0 Å². The molecule has 0 unspecified atom stereocenters. The van der Waals surface area contributed by atoms with E-state index < -0.39 is 0 Å². The molecular weight excluding hydrogens is 168 g/mol. The second-order valence-corrected chi connectivity index (χ2v) is 4.08. The summed E-state index contributed by atoms with van der Waals surface area (Å²) in [5, 5.41) is 0. The van der Waals surface area contributed by atoms with Crippen molar-refractivity contribution < 1.29 is 0 Å². The molecule has 0 bridgehead atoms. The molecule has 0 aromatic carbocycles. The third-order valence-corrected chi connectivity index (χ3v) is 3.61. The van der Waals surface area contributed by atoms with Crippen molar-refractivity contribution in [2.75, 3.05) is 5.88 Å². The molecule has 0 aromatic rings. The summed E-state index contributed by atoms with van der Waals surface area (Å²) in [6, 6.07) is 0. The Kier molecular flexibility index (Phi) is 6.93. The number of hydrogen-bond donors (Lipinski definition) is 0. The van der Waals surface area contributed by atoms with E-state index >= 15 is 0 Å². The van der Waals surface area contributed by atoms with E-state index in [0.29, 0.717) is 5.41 Å². The van der Waals surface area contributed by atoms with Crippen molar-refractivity contribution >= 4 is 11.6 Å². The summed E-state index contributed by atoms with van der Waals surface area (Å²) in [6.45, 7) is 6.94. The van der Waals surface area contributed by atoms with Crippen molar-refractivity contribution in [3.63, 3.8) is 0 Å². The van der Waals surface area contributed by atoms with Crippen LogP contribution in [0.1, 0.15) is 59.3 Å². The van der Waals surface area contributed by atoms with Crippen LogP contribution in [0.4, 0.5) is 0 Å². The lowest BCUT2D eigenvalue weighted by Crippen LogP contribution is -2.17. The van der Waals surface area contributed by atoms with Gasteiger partial charge in [-0.05, 0) is 18.3 Å². The van der Waals surface area contributed by atoms with Gasteiger partial charge in [0.15, 0.2) is 0 Å². The third kappa shape index (κ3) is 3.80. The Morgan fingerprint density at radius 1 is 0.917 bits per heavy atom. The van der Waals surface area contributed by atoms with Gasteiger partial charge >= 0.3 is 0 Å². The standard InChI is InChI=1S/C11H23Cl/c1-4-11(5-2,6-3)9-7-8-10-12/h4-10H2,1-3H3. The molecule has 0 aromatic heterocycles. The molecule has 0 fully saturated rings. The van der Waals surface area contributed by atoms with Gasteiger partial charge in [-0.25, -0.2) is 0 Å². The van der Waals surface area contributed by atoms with Crippen LogP contribution in [-0.2, 0) is 0 Å². The minimum Gasteiger partial charge on any atom is -0.127 e. The molecule has 12 heavy (non-hydrogen) atoms. The first kappa shape index (κ1) is 12.3. The zero-order valence-corrected chi connectivity index (χ0v) is 9.58. The molecule has 0 atom stereocenters. The lowest BCUT2D eigenvalue weighted by atomic mass is 9.76. The van der Waals surface area contributed by atoms with Crippen LogP contribution in [0.15, 0.2) is 0 Å². The van der Waals surface area contributed by atoms with Crippen LogP contribution in [0, 0.1) is 5.41 Å². The quantitative estimate of drug-likeness (QED) is 0.406. The number of hydrogen-bond acceptors (Lipinski definition) is 0. The van der Waals surface area contributed by atoms with Gasteiger partial charge in [-0.1, -0.05) is 46.5 Å². The molecule has 0 rings (SSSR count). The van der Waals surface area contributed by atoms with Gasteiger partial charge in [-0.3, -0.25) is 0 Å². The van der Waals surface area contributed by atoms with Crippen molar-refractivity contribution in [2.24, 2.45) is 5.41 Å². The first-order chi connectivity index (χ1) is 5.74. The molecule has 0 N–H and O–H groups in total. The summed E-state index contributed by atoms with van der Waals surface area (Å²) >= 11 is 5.66. The molecule has 0 aliphatic rings. The molecule has 0 radical (unpaired) electrons. The van der Waals surface area contributed by atoms with Crippen LogP contribution in [0.3, 0.4) is 0 Å². The number of unbranched alkanes of at least 4 members (excludes halogenated alkanes) is 1. The maximum atomic E-state index is 5.66. The molecule has 0 saturated carbocycles. The zero-order valence-electron chi connectivity index (χ0n) is 8.83. The minimum absolute atomic E-state index is 0.617. The monoisotopic (exact) mass is 190 g/mol. The first-order valence-electron chi connectivity index (χ1n) is 5.30. The van der Waals surface area contributed by atoms with Gasteiger partial charge in [-0.2, -0.15) is 0 Å². The van der Waals surface area contributed by atoms with Crippen molar-refractivity contribution in [2.45, 2.75) is 59.3 Å². The van der Waals surface area contributed by atoms with E-state index in [1.807, 2.05) is 0 Å². The first-order valence-corrected chi connectivity index (χ1v) is 5.84. The van der Waals surface area contributed by atoms with Gasteiger partial charge < -0.3 is 0 Å². The van der Waals surface area contributed by atoms with Crippen molar-refractivity contribution in [1.29, 1.82) is 0 Å². The topological polar surface area (TPSA) is 0 Å². The Morgan fingerprint density at radius 2 is 1.42 bits per heavy atom. The van der Waals surface area contributed by atoms with Crippen LogP contribution in [-0.4, -0.2) is 5.88 Å². The number of rotatable bonds is 7. The predicted octanol–water partition coefficient (Wildman–Crippen LogP) is 4.61. The Morgan fingerprint density at radius 3 is 1.75 bits per heavy atom. The Labute approximate surface area is 82.7 Å². The Hall–Kier alpha value is 0.290. The highest BCUT2D eigenvalue weighted by Crippen LogP contribution is 2.35. The molecular formula is C11H23Cl. The second-order valence-electron chi connectivity index (χ2n) is 3.71. The Bertz CT molecular complexity index is 86.9. The Balaban J connectivity index is 3.76. The third-order valence-electron chi connectivity index (χ3n) is 3.34. The molecule has 1 heteroatoms. The maximum Gasteiger partial charge on any atom is 0.0223 e. The fraction of sp³-hybridized carbons (Fsp3) is 1.00. The van der Waals surface area contributed by atoms with Crippen LogP contribution >= 0.6 is 11.6 Å². The van der Waals surface area contributed by atoms with Crippen molar-refractivity contribution in [3.05, 3.63) is 0 Å². The van der Waals surface area contributed by atoms with Gasteiger partial charge in [-0.15, -0.1) is 11.6 Å². The minimum atomic E-state index is 0.617. The second kappa shape index (κ2) is 6.77. The lowest BCUT2D eigenvalue weighted by molar-refractivity contribution is 0.222. The summed E-state index contributed by atoms with van der Waals surface area (Å²) in [6.07, 6.45) is 7.82. The highest BCUT2D eigenvalue weighted by atomic mass is 35.5. The van der Waals surface area contributed by atoms with Crippen LogP contribution < -0.4 is 0 Å². The lowest BCUT2D eigenvalue weighted by Gasteiger charge is -2.30. The van der Waals surface area contributed by atoms with E-state index in [1.165, 1.54) is 38.5 Å². The highest BCUT2D eigenvalue weighted by molar-refractivity contribution is 6.17. The van der Waals surface area contributed by atoms with Crippen molar-refractivity contribution in [1.82, 2.24) is 0 Å². The molecule has 0 saturated heterocycles. The van der Waals surface area contributed by atoms with Gasteiger partial charge in [0.25, 0.3) is 0 Å². The van der Waals surface area contributed by atoms with E-state index in [2.05, 4.69) is 20.8 Å². The van der Waals surface area contributed by atoms with Gasteiger partial charge in [0, 0.05) is 5.88 Å². The predicted molar refractivity (Wildman–Crippen MR) is 57.9 cm³/mol. The summed E-state index contributed by atoms with van der Waals surface area (Å²) in [7, 11) is 0. The molecule has 0 amide bonds. The average molecular weight is 191 g/mol. The number of alkyl halides is 1. The fourth-order valence-electron chi connectivity index (χ4n) is 1.87. The zero-order chi connectivity index (χ0) is 9.45.